The minimum Gasteiger partial charge on any atom is -0.394 e. The van der Waals surface area contributed by atoms with E-state index in [2.05, 4.69) is 15.5 Å². The molecule has 0 atom stereocenters. The largest absolute Gasteiger partial charge is 0.394 e. The Bertz CT molecular complexity index is 317. The van der Waals surface area contributed by atoms with E-state index in [1.807, 2.05) is 13.8 Å². The lowest BCUT2D eigenvalue weighted by Gasteiger charge is -2.41. The summed E-state index contributed by atoms with van der Waals surface area (Å²) in [6.45, 7) is 5.08. The van der Waals surface area contributed by atoms with Gasteiger partial charge in [0.2, 0.25) is 0 Å². The highest BCUT2D eigenvalue weighted by Gasteiger charge is 2.35. The third-order valence-corrected chi connectivity index (χ3v) is 3.53. The van der Waals surface area contributed by atoms with Crippen LogP contribution in [0.1, 0.15) is 36.2 Å². The highest BCUT2D eigenvalue weighted by molar-refractivity contribution is 5.23. The van der Waals surface area contributed by atoms with E-state index in [9.17, 15) is 5.11 Å². The molecule has 0 spiro atoms. The normalized spacial score (nSPS) is 18.9. The van der Waals surface area contributed by atoms with Crippen LogP contribution in [0.25, 0.3) is 0 Å². The van der Waals surface area contributed by atoms with Gasteiger partial charge in [-0.1, -0.05) is 0 Å². The molecule has 1 aliphatic carbocycles. The Morgan fingerprint density at radius 1 is 1.47 bits per heavy atom. The zero-order valence-corrected chi connectivity index (χ0v) is 9.43. The highest BCUT2D eigenvalue weighted by Crippen LogP contribution is 2.31. The maximum Gasteiger partial charge on any atom is 0.0638 e. The van der Waals surface area contributed by atoms with Gasteiger partial charge in [-0.3, -0.25) is 5.10 Å². The van der Waals surface area contributed by atoms with Crippen LogP contribution in [-0.4, -0.2) is 27.4 Å². The molecular weight excluding hydrogens is 190 g/mol. The first-order valence-electron chi connectivity index (χ1n) is 5.53. The zero-order valence-electron chi connectivity index (χ0n) is 9.43. The van der Waals surface area contributed by atoms with Gasteiger partial charge in [-0.25, -0.2) is 0 Å². The van der Waals surface area contributed by atoms with Crippen LogP contribution in [0.3, 0.4) is 0 Å². The summed E-state index contributed by atoms with van der Waals surface area (Å²) in [5.41, 5.74) is 3.38. The Morgan fingerprint density at radius 3 is 2.60 bits per heavy atom. The molecule has 1 aliphatic rings. The maximum absolute atomic E-state index is 9.32. The van der Waals surface area contributed by atoms with E-state index in [-0.39, 0.29) is 12.1 Å². The molecule has 4 heteroatoms. The lowest BCUT2D eigenvalue weighted by Crippen LogP contribution is -2.53. The second kappa shape index (κ2) is 3.94. The van der Waals surface area contributed by atoms with Crippen molar-refractivity contribution < 1.29 is 5.11 Å². The van der Waals surface area contributed by atoms with Crippen LogP contribution >= 0.6 is 0 Å². The molecular formula is C11H19N3O. The van der Waals surface area contributed by atoms with E-state index in [1.54, 1.807) is 0 Å². The second-order valence-electron chi connectivity index (χ2n) is 4.56. The van der Waals surface area contributed by atoms with Gasteiger partial charge in [0, 0.05) is 23.3 Å². The van der Waals surface area contributed by atoms with Crippen molar-refractivity contribution >= 4 is 0 Å². The molecule has 0 unspecified atom stereocenters. The summed E-state index contributed by atoms with van der Waals surface area (Å²) in [5, 5.41) is 19.9. The van der Waals surface area contributed by atoms with E-state index in [0.717, 1.165) is 30.8 Å². The molecule has 4 nitrogen and oxygen atoms in total. The summed E-state index contributed by atoms with van der Waals surface area (Å²) in [5.74, 6) is 0. The number of aromatic amines is 1. The van der Waals surface area contributed by atoms with Crippen molar-refractivity contribution in [2.24, 2.45) is 0 Å². The van der Waals surface area contributed by atoms with Gasteiger partial charge in [-0.2, -0.15) is 5.10 Å². The van der Waals surface area contributed by atoms with Gasteiger partial charge in [0.15, 0.2) is 0 Å². The summed E-state index contributed by atoms with van der Waals surface area (Å²) < 4.78 is 0. The van der Waals surface area contributed by atoms with E-state index >= 15 is 0 Å². The standard InChI is InChI=1S/C11H19N3O/c1-8-10(9(2)14-13-8)6-12-11(7-15)4-3-5-11/h12,15H,3-7H2,1-2H3,(H,13,14). The Labute approximate surface area is 90.1 Å². The van der Waals surface area contributed by atoms with E-state index < -0.39 is 0 Å². The molecule has 3 N–H and O–H groups in total. The van der Waals surface area contributed by atoms with Gasteiger partial charge in [-0.15, -0.1) is 0 Å². The van der Waals surface area contributed by atoms with E-state index in [1.165, 1.54) is 12.0 Å². The fourth-order valence-corrected chi connectivity index (χ4v) is 2.10. The van der Waals surface area contributed by atoms with Gasteiger partial charge >= 0.3 is 0 Å². The molecule has 2 rings (SSSR count). The predicted octanol–water partition coefficient (Wildman–Crippen LogP) is 1.03. The Hall–Kier alpha value is -0.870. The number of nitrogens with one attached hydrogen (secondary N) is 2. The molecule has 1 saturated carbocycles. The van der Waals surface area contributed by atoms with Crippen molar-refractivity contribution in [1.29, 1.82) is 0 Å². The number of aliphatic hydroxyl groups is 1. The molecule has 0 amide bonds. The van der Waals surface area contributed by atoms with Crippen LogP contribution in [0.4, 0.5) is 0 Å². The smallest absolute Gasteiger partial charge is 0.0638 e. The molecule has 0 aliphatic heterocycles. The predicted molar refractivity (Wildman–Crippen MR) is 58.6 cm³/mol. The SMILES string of the molecule is Cc1n[nH]c(C)c1CNC1(CO)CCC1. The van der Waals surface area contributed by atoms with Gasteiger partial charge in [0.05, 0.1) is 12.3 Å². The zero-order chi connectivity index (χ0) is 10.9. The van der Waals surface area contributed by atoms with E-state index in [4.69, 9.17) is 0 Å². The van der Waals surface area contributed by atoms with Crippen molar-refractivity contribution in [3.05, 3.63) is 17.0 Å². The van der Waals surface area contributed by atoms with Gasteiger partial charge in [0.1, 0.15) is 0 Å². The topological polar surface area (TPSA) is 60.9 Å². The molecule has 0 saturated heterocycles. The number of hydrogen-bond donors (Lipinski definition) is 3. The van der Waals surface area contributed by atoms with E-state index in [0.29, 0.717) is 0 Å². The summed E-state index contributed by atoms with van der Waals surface area (Å²) in [7, 11) is 0. The Balaban J connectivity index is 1.98. The van der Waals surface area contributed by atoms with Crippen molar-refractivity contribution in [1.82, 2.24) is 15.5 Å². The van der Waals surface area contributed by atoms with Gasteiger partial charge in [0.25, 0.3) is 0 Å². The fraction of sp³-hybridized carbons (Fsp3) is 0.727. The average Bonchev–Trinajstić information content (AvgIpc) is 2.47. The van der Waals surface area contributed by atoms with Crippen LogP contribution in [0.5, 0.6) is 0 Å². The lowest BCUT2D eigenvalue weighted by atomic mass is 9.77. The highest BCUT2D eigenvalue weighted by atomic mass is 16.3. The number of aryl methyl sites for hydroxylation is 2. The molecule has 0 bridgehead atoms. The number of aromatic nitrogens is 2. The molecule has 84 valence electrons. The Morgan fingerprint density at radius 2 is 2.20 bits per heavy atom. The summed E-state index contributed by atoms with van der Waals surface area (Å²) in [6, 6.07) is 0. The number of rotatable bonds is 4. The third kappa shape index (κ3) is 1.92. The van der Waals surface area contributed by atoms with Gasteiger partial charge in [-0.05, 0) is 33.1 Å². The second-order valence-corrected chi connectivity index (χ2v) is 4.56. The van der Waals surface area contributed by atoms with Crippen molar-refractivity contribution in [3.63, 3.8) is 0 Å². The molecule has 1 heterocycles. The molecule has 1 aromatic rings. The third-order valence-electron chi connectivity index (χ3n) is 3.53. The van der Waals surface area contributed by atoms with Crippen LogP contribution < -0.4 is 5.32 Å². The van der Waals surface area contributed by atoms with Crippen LogP contribution in [0.15, 0.2) is 0 Å². The van der Waals surface area contributed by atoms with Crippen LogP contribution in [0.2, 0.25) is 0 Å². The average molecular weight is 209 g/mol. The monoisotopic (exact) mass is 209 g/mol. The van der Waals surface area contributed by atoms with Crippen molar-refractivity contribution in [3.8, 4) is 0 Å². The van der Waals surface area contributed by atoms with Crippen LogP contribution in [-0.2, 0) is 6.54 Å². The first kappa shape index (κ1) is 10.6. The molecule has 0 radical (unpaired) electrons. The molecule has 15 heavy (non-hydrogen) atoms. The number of hydrogen-bond acceptors (Lipinski definition) is 3. The van der Waals surface area contributed by atoms with Crippen molar-refractivity contribution in [2.75, 3.05) is 6.61 Å². The molecule has 1 aromatic heterocycles. The molecule has 1 fully saturated rings. The summed E-state index contributed by atoms with van der Waals surface area (Å²) >= 11 is 0. The maximum atomic E-state index is 9.32. The number of nitrogens with zero attached hydrogens (tertiary/aromatic N) is 1. The summed E-state index contributed by atoms with van der Waals surface area (Å²) in [6.07, 6.45) is 3.38. The first-order chi connectivity index (χ1) is 7.17. The summed E-state index contributed by atoms with van der Waals surface area (Å²) in [4.78, 5) is 0. The number of H-pyrrole nitrogens is 1. The Kier molecular flexibility index (Phi) is 2.80. The molecule has 0 aromatic carbocycles. The lowest BCUT2D eigenvalue weighted by molar-refractivity contribution is 0.0871. The quantitative estimate of drug-likeness (QED) is 0.694. The minimum absolute atomic E-state index is 0.0177. The minimum atomic E-state index is -0.0177. The number of aliphatic hydroxyl groups excluding tert-OH is 1. The van der Waals surface area contributed by atoms with Gasteiger partial charge < -0.3 is 10.4 Å². The fourth-order valence-electron chi connectivity index (χ4n) is 2.10. The van der Waals surface area contributed by atoms with Crippen molar-refractivity contribution in [2.45, 2.75) is 45.2 Å². The van der Waals surface area contributed by atoms with Crippen LogP contribution in [0, 0.1) is 13.8 Å². The first-order valence-corrected chi connectivity index (χ1v) is 5.53.